The number of pyridine rings is 1. The lowest BCUT2D eigenvalue weighted by molar-refractivity contribution is 0.0112. The van der Waals surface area contributed by atoms with Gasteiger partial charge >= 0.3 is 0 Å². The number of halogens is 1. The fourth-order valence-electron chi connectivity index (χ4n) is 2.34. The second-order valence-corrected chi connectivity index (χ2v) is 5.54. The van der Waals surface area contributed by atoms with Crippen LogP contribution in [-0.2, 0) is 11.3 Å². The van der Waals surface area contributed by atoms with E-state index in [9.17, 15) is 0 Å². The summed E-state index contributed by atoms with van der Waals surface area (Å²) in [6.45, 7) is 3.18. The topological polar surface area (TPSA) is 64.3 Å². The molecule has 19 heavy (non-hydrogen) atoms. The van der Waals surface area contributed by atoms with Crippen molar-refractivity contribution in [3.05, 3.63) is 22.4 Å². The lowest BCUT2D eigenvalue weighted by Gasteiger charge is -2.21. The van der Waals surface area contributed by atoms with Crippen LogP contribution >= 0.6 is 15.9 Å². The van der Waals surface area contributed by atoms with Crippen LogP contribution in [0.4, 0.5) is 5.82 Å². The van der Waals surface area contributed by atoms with Crippen molar-refractivity contribution in [1.29, 1.82) is 0 Å². The average molecular weight is 322 g/mol. The van der Waals surface area contributed by atoms with Gasteiger partial charge in [0.2, 0.25) is 5.62 Å². The van der Waals surface area contributed by atoms with E-state index in [2.05, 4.69) is 40.8 Å². The fourth-order valence-corrected chi connectivity index (χ4v) is 2.94. The molecular formula is C12H12BrN5O. The van der Waals surface area contributed by atoms with Gasteiger partial charge in [-0.2, -0.15) is 4.98 Å². The van der Waals surface area contributed by atoms with Gasteiger partial charge in [0, 0.05) is 24.8 Å². The van der Waals surface area contributed by atoms with Gasteiger partial charge in [-0.1, -0.05) is 0 Å². The van der Waals surface area contributed by atoms with E-state index in [0.717, 1.165) is 34.8 Å². The van der Waals surface area contributed by atoms with Gasteiger partial charge in [0.15, 0.2) is 0 Å². The van der Waals surface area contributed by atoms with Crippen LogP contribution in [0.3, 0.4) is 0 Å². The molecule has 0 unspecified atom stereocenters. The third-order valence-electron chi connectivity index (χ3n) is 3.36. The van der Waals surface area contributed by atoms with Gasteiger partial charge in [-0.3, -0.25) is 0 Å². The number of nitrogens with one attached hydrogen (secondary N) is 1. The minimum absolute atomic E-state index is 0.212. The summed E-state index contributed by atoms with van der Waals surface area (Å²) in [5, 5.41) is 3.35. The van der Waals surface area contributed by atoms with Gasteiger partial charge in [-0.05, 0) is 22.0 Å². The Morgan fingerprint density at radius 1 is 1.47 bits per heavy atom. The number of rotatable bonds is 1. The molecule has 0 amide bonds. The summed E-state index contributed by atoms with van der Waals surface area (Å²) in [5.41, 5.74) is 1.56. The molecule has 7 heteroatoms. The summed E-state index contributed by atoms with van der Waals surface area (Å²) < 4.78 is 8.32. The third-order valence-corrected chi connectivity index (χ3v) is 3.97. The van der Waals surface area contributed by atoms with E-state index in [0.29, 0.717) is 18.8 Å². The van der Waals surface area contributed by atoms with E-state index in [4.69, 9.17) is 4.74 Å². The molecule has 4 heterocycles. The molecule has 98 valence electrons. The zero-order chi connectivity index (χ0) is 12.8. The highest BCUT2D eigenvalue weighted by Gasteiger charge is 2.21. The minimum atomic E-state index is 0.212. The first-order valence-electron chi connectivity index (χ1n) is 6.23. The summed E-state index contributed by atoms with van der Waals surface area (Å²) in [6.07, 6.45) is 1.83. The minimum Gasteiger partial charge on any atom is -0.377 e. The molecule has 4 rings (SSSR count). The lowest BCUT2D eigenvalue weighted by atomic mass is 10.2. The highest BCUT2D eigenvalue weighted by molar-refractivity contribution is 9.10. The molecule has 0 aliphatic carbocycles. The highest BCUT2D eigenvalue weighted by Crippen LogP contribution is 2.32. The Morgan fingerprint density at radius 2 is 2.37 bits per heavy atom. The van der Waals surface area contributed by atoms with E-state index in [1.807, 2.05) is 12.3 Å². The largest absolute Gasteiger partial charge is 0.377 e. The maximum Gasteiger partial charge on any atom is 0.247 e. The first-order chi connectivity index (χ1) is 9.31. The Labute approximate surface area is 118 Å². The van der Waals surface area contributed by atoms with Gasteiger partial charge in [0.05, 0.1) is 17.7 Å². The molecule has 0 bridgehead atoms. The Balaban J connectivity index is 1.91. The maximum atomic E-state index is 5.11. The number of hydrogen-bond donors (Lipinski definition) is 1. The first-order valence-corrected chi connectivity index (χ1v) is 7.02. The van der Waals surface area contributed by atoms with Crippen LogP contribution in [0.15, 0.2) is 21.7 Å². The molecule has 0 aromatic carbocycles. The molecule has 1 fully saturated rings. The van der Waals surface area contributed by atoms with Crippen LogP contribution in [0.2, 0.25) is 0 Å². The Hall–Kier alpha value is -1.47. The molecule has 4 aliphatic heterocycles. The molecule has 0 aromatic heterocycles. The van der Waals surface area contributed by atoms with Crippen molar-refractivity contribution < 1.29 is 4.74 Å². The molecule has 4 aliphatic rings. The third kappa shape index (κ3) is 1.84. The van der Waals surface area contributed by atoms with Gasteiger partial charge < -0.3 is 14.6 Å². The number of nitrogens with zero attached hydrogens (tertiary/aromatic N) is 4. The van der Waals surface area contributed by atoms with Gasteiger partial charge in [-0.25, -0.2) is 9.98 Å². The van der Waals surface area contributed by atoms with Crippen LogP contribution in [0.5, 0.6) is 0 Å². The van der Waals surface area contributed by atoms with Crippen molar-refractivity contribution in [2.24, 2.45) is 4.99 Å². The number of anilines is 1. The van der Waals surface area contributed by atoms with Crippen LogP contribution in [0.25, 0.3) is 11.4 Å². The smallest absolute Gasteiger partial charge is 0.247 e. The first kappa shape index (κ1) is 11.4. The van der Waals surface area contributed by atoms with Gasteiger partial charge in [0.1, 0.15) is 17.7 Å². The summed E-state index contributed by atoms with van der Waals surface area (Å²) in [5.74, 6) is 2.00. The summed E-state index contributed by atoms with van der Waals surface area (Å²) in [7, 11) is 0. The van der Waals surface area contributed by atoms with Crippen LogP contribution < -0.4 is 10.9 Å². The highest BCUT2D eigenvalue weighted by atomic mass is 79.9. The zero-order valence-electron chi connectivity index (χ0n) is 10.1. The predicted octanol–water partition coefficient (Wildman–Crippen LogP) is 0.870. The fraction of sp³-hybridized carbons (Fsp3) is 0.417. The second kappa shape index (κ2) is 4.28. The quantitative estimate of drug-likeness (QED) is 0.846. The number of fused-ring (bicyclic) bond motifs is 3. The molecule has 0 saturated carbocycles. The van der Waals surface area contributed by atoms with E-state index in [1.54, 1.807) is 0 Å². The molecule has 0 spiro atoms. The van der Waals surface area contributed by atoms with E-state index in [1.165, 1.54) is 0 Å². The standard InChI is InChI=1S/C12H12BrN5O/c13-9-3-7-4-15-12(16-8-5-19-6-8)17-10(7)18-2-1-14-11(9)18/h3-4,8,14H,1-2,5-6H2. The van der Waals surface area contributed by atoms with Crippen molar-refractivity contribution in [3.8, 4) is 11.4 Å². The zero-order valence-corrected chi connectivity index (χ0v) is 11.7. The SMILES string of the molecule is Brc1cc2cnc(=NC3COC3)nc-2n2c1NCC2. The molecule has 6 nitrogen and oxygen atoms in total. The van der Waals surface area contributed by atoms with E-state index < -0.39 is 0 Å². The van der Waals surface area contributed by atoms with Crippen LogP contribution in [0.1, 0.15) is 0 Å². The molecule has 0 aromatic rings. The molecule has 1 N–H and O–H groups in total. The summed E-state index contributed by atoms with van der Waals surface area (Å²) in [4.78, 5) is 13.4. The van der Waals surface area contributed by atoms with Crippen molar-refractivity contribution in [1.82, 2.24) is 14.5 Å². The number of hydrogen-bond acceptors (Lipinski definition) is 5. The van der Waals surface area contributed by atoms with Crippen molar-refractivity contribution in [2.45, 2.75) is 12.6 Å². The van der Waals surface area contributed by atoms with Crippen molar-refractivity contribution >= 4 is 21.7 Å². The van der Waals surface area contributed by atoms with Crippen LogP contribution in [-0.4, -0.2) is 40.3 Å². The summed E-state index contributed by atoms with van der Waals surface area (Å²) >= 11 is 3.57. The second-order valence-electron chi connectivity index (χ2n) is 4.69. The Bertz CT molecular complexity index is 679. The van der Waals surface area contributed by atoms with Crippen LogP contribution in [0, 0.1) is 0 Å². The van der Waals surface area contributed by atoms with E-state index in [-0.39, 0.29) is 6.04 Å². The number of aromatic nitrogens is 3. The Kier molecular flexibility index (Phi) is 2.56. The Morgan fingerprint density at radius 3 is 3.16 bits per heavy atom. The monoisotopic (exact) mass is 321 g/mol. The maximum absolute atomic E-state index is 5.11. The van der Waals surface area contributed by atoms with Crippen molar-refractivity contribution in [2.75, 3.05) is 25.1 Å². The van der Waals surface area contributed by atoms with Gasteiger partial charge in [-0.15, -0.1) is 0 Å². The molecule has 0 atom stereocenters. The summed E-state index contributed by atoms with van der Waals surface area (Å²) in [6, 6.07) is 2.25. The van der Waals surface area contributed by atoms with E-state index >= 15 is 0 Å². The average Bonchev–Trinajstić information content (AvgIpc) is 2.84. The molecular weight excluding hydrogens is 310 g/mol. The normalized spacial score (nSPS) is 19.3. The van der Waals surface area contributed by atoms with Crippen molar-refractivity contribution in [3.63, 3.8) is 0 Å². The predicted molar refractivity (Wildman–Crippen MR) is 73.0 cm³/mol. The molecule has 0 radical (unpaired) electrons. The lowest BCUT2D eigenvalue weighted by Crippen LogP contribution is -2.34. The van der Waals surface area contributed by atoms with Gasteiger partial charge in [0.25, 0.3) is 0 Å². The molecule has 1 saturated heterocycles. The number of ether oxygens (including phenoxy) is 1.